The summed E-state index contributed by atoms with van der Waals surface area (Å²) in [5.74, 6) is 4.71. The lowest BCUT2D eigenvalue weighted by Crippen LogP contribution is -2.22. The fourth-order valence-electron chi connectivity index (χ4n) is 3.15. The quantitative estimate of drug-likeness (QED) is 0.547. The van der Waals surface area contributed by atoms with Crippen molar-refractivity contribution in [1.29, 1.82) is 0 Å². The number of aromatic carboxylic acids is 1. The number of hydrogen-bond acceptors (Lipinski definition) is 4. The van der Waals surface area contributed by atoms with Crippen LogP contribution in [0.3, 0.4) is 0 Å². The molecule has 0 radical (unpaired) electrons. The summed E-state index contributed by atoms with van der Waals surface area (Å²) in [5.41, 5.74) is 2.97. The van der Waals surface area contributed by atoms with Crippen LogP contribution >= 0.6 is 0 Å². The first-order valence-corrected chi connectivity index (χ1v) is 8.90. The van der Waals surface area contributed by atoms with Crippen molar-refractivity contribution in [2.75, 3.05) is 0 Å². The molecule has 0 saturated heterocycles. The maximum Gasteiger partial charge on any atom is 0.335 e. The lowest BCUT2D eigenvalue weighted by atomic mass is 9.91. The summed E-state index contributed by atoms with van der Waals surface area (Å²) in [5, 5.41) is 13.1. The first-order valence-electron chi connectivity index (χ1n) is 8.90. The van der Waals surface area contributed by atoms with Crippen LogP contribution in [0, 0.1) is 18.8 Å². The van der Waals surface area contributed by atoms with Gasteiger partial charge in [0.2, 0.25) is 12.1 Å². The van der Waals surface area contributed by atoms with E-state index < -0.39 is 11.9 Å². The van der Waals surface area contributed by atoms with E-state index in [9.17, 15) is 9.59 Å². The number of pyridine rings is 1. The van der Waals surface area contributed by atoms with Crippen LogP contribution < -0.4 is 5.56 Å². The summed E-state index contributed by atoms with van der Waals surface area (Å²) >= 11 is 0. The Hall–Kier alpha value is -4.11. The van der Waals surface area contributed by atoms with E-state index in [1.165, 1.54) is 23.0 Å². The first-order chi connectivity index (χ1) is 14.0. The van der Waals surface area contributed by atoms with Crippen LogP contribution in [-0.2, 0) is 0 Å². The van der Waals surface area contributed by atoms with Gasteiger partial charge in [-0.1, -0.05) is 42.2 Å². The topological polar surface area (TPSA) is 84.8 Å². The van der Waals surface area contributed by atoms with Gasteiger partial charge in [-0.05, 0) is 42.8 Å². The lowest BCUT2D eigenvalue weighted by Gasteiger charge is -2.12. The molecule has 142 valence electrons. The second-order valence-corrected chi connectivity index (χ2v) is 6.54. The Balaban J connectivity index is 1.89. The summed E-state index contributed by atoms with van der Waals surface area (Å²) in [7, 11) is 0. The maximum absolute atomic E-state index is 13.0. The Morgan fingerprint density at radius 3 is 2.55 bits per heavy atom. The molecule has 1 atom stereocenters. The third-order valence-electron chi connectivity index (χ3n) is 4.60. The molecule has 6 nitrogen and oxygen atoms in total. The molecule has 29 heavy (non-hydrogen) atoms. The highest BCUT2D eigenvalue weighted by molar-refractivity contribution is 5.87. The average Bonchev–Trinajstić information content (AvgIpc) is 3.24. The van der Waals surface area contributed by atoms with Crippen molar-refractivity contribution in [2.24, 2.45) is 0 Å². The minimum absolute atomic E-state index is 0.170. The third kappa shape index (κ3) is 3.54. The normalized spacial score (nSPS) is 11.6. The molecule has 0 aliphatic rings. The number of nitrogens with zero attached hydrogens (tertiary/aromatic N) is 2. The number of fused-ring (bicyclic) bond motifs is 1. The molecule has 0 spiro atoms. The molecule has 1 N–H and O–H groups in total. The van der Waals surface area contributed by atoms with Crippen molar-refractivity contribution < 1.29 is 14.3 Å². The third-order valence-corrected chi connectivity index (χ3v) is 4.60. The van der Waals surface area contributed by atoms with Gasteiger partial charge in [-0.2, -0.15) is 4.52 Å². The van der Waals surface area contributed by atoms with Gasteiger partial charge in [-0.25, -0.2) is 4.79 Å². The molecule has 2 aromatic heterocycles. The molecule has 2 aromatic carbocycles. The monoisotopic (exact) mass is 384 g/mol. The number of aryl methyl sites for hydroxylation is 1. The van der Waals surface area contributed by atoms with Gasteiger partial charge in [0.25, 0.3) is 5.56 Å². The van der Waals surface area contributed by atoms with Crippen LogP contribution in [0.15, 0.2) is 76.3 Å². The molecule has 0 aliphatic heterocycles. The number of aromatic nitrogens is 2. The van der Waals surface area contributed by atoms with Crippen LogP contribution in [0.1, 0.15) is 38.5 Å². The Morgan fingerprint density at radius 2 is 1.86 bits per heavy atom. The molecule has 4 rings (SSSR count). The van der Waals surface area contributed by atoms with Gasteiger partial charge in [-0.3, -0.25) is 4.79 Å². The summed E-state index contributed by atoms with van der Waals surface area (Å²) in [6, 6.07) is 17.6. The minimum Gasteiger partial charge on any atom is -0.478 e. The second kappa shape index (κ2) is 7.49. The number of carboxylic acids is 1. The van der Waals surface area contributed by atoms with Crippen LogP contribution in [0.25, 0.3) is 5.71 Å². The molecule has 0 fully saturated rings. The summed E-state index contributed by atoms with van der Waals surface area (Å²) in [6.45, 7) is 1.83. The van der Waals surface area contributed by atoms with E-state index >= 15 is 0 Å². The van der Waals surface area contributed by atoms with Gasteiger partial charge < -0.3 is 9.52 Å². The predicted molar refractivity (Wildman–Crippen MR) is 107 cm³/mol. The number of hydrogen-bond donors (Lipinski definition) is 1. The summed E-state index contributed by atoms with van der Waals surface area (Å²) in [4.78, 5) is 24.2. The van der Waals surface area contributed by atoms with Gasteiger partial charge in [0.15, 0.2) is 0 Å². The van der Waals surface area contributed by atoms with Crippen molar-refractivity contribution in [1.82, 2.24) is 9.61 Å². The molecule has 0 saturated carbocycles. The molecule has 0 aliphatic carbocycles. The predicted octanol–water partition coefficient (Wildman–Crippen LogP) is 3.48. The molecule has 1 unspecified atom stereocenters. The highest BCUT2D eigenvalue weighted by Gasteiger charge is 2.20. The van der Waals surface area contributed by atoms with E-state index in [2.05, 4.69) is 16.9 Å². The largest absolute Gasteiger partial charge is 0.478 e. The maximum atomic E-state index is 13.0. The average molecular weight is 384 g/mol. The Kier molecular flexibility index (Phi) is 4.71. The van der Waals surface area contributed by atoms with Gasteiger partial charge in [0.1, 0.15) is 0 Å². The highest BCUT2D eigenvalue weighted by atomic mass is 16.4. The highest BCUT2D eigenvalue weighted by Crippen LogP contribution is 2.24. The Labute approximate surface area is 166 Å². The van der Waals surface area contributed by atoms with Gasteiger partial charge >= 0.3 is 5.97 Å². The zero-order valence-electron chi connectivity index (χ0n) is 15.5. The first kappa shape index (κ1) is 18.3. The number of carboxylic acid groups (broad SMARTS) is 1. The fraction of sp³-hybridized carbons (Fsp3) is 0.0870. The molecular formula is C23H16N2O4. The van der Waals surface area contributed by atoms with Crippen molar-refractivity contribution in [2.45, 2.75) is 12.8 Å². The molecular weight excluding hydrogens is 368 g/mol. The number of benzene rings is 2. The van der Waals surface area contributed by atoms with Crippen LogP contribution in [0.2, 0.25) is 0 Å². The standard InChI is InChI=1S/C23H16N2O4/c1-15-13-20(21(26)25-22(15)29-14-24-25)19(12-7-16-5-3-2-4-6-16)17-8-10-18(11-9-17)23(27)28/h2-6,8-11,13-14,19H,1H3,(H,27,28). The number of rotatable bonds is 3. The van der Waals surface area contributed by atoms with Gasteiger partial charge in [0, 0.05) is 16.7 Å². The van der Waals surface area contributed by atoms with Gasteiger partial charge in [-0.15, -0.1) is 5.10 Å². The van der Waals surface area contributed by atoms with E-state index in [0.29, 0.717) is 11.3 Å². The zero-order valence-corrected chi connectivity index (χ0v) is 15.5. The Morgan fingerprint density at radius 1 is 1.14 bits per heavy atom. The SMILES string of the molecule is Cc1cc(C(C#Cc2ccccc2)c2ccc(C(=O)O)cc2)c(=O)n2ncoc12. The smallest absolute Gasteiger partial charge is 0.335 e. The number of carbonyl (C=O) groups is 1. The van der Waals surface area contributed by atoms with Crippen molar-refractivity contribution >= 4 is 11.7 Å². The van der Waals surface area contributed by atoms with E-state index in [1.54, 1.807) is 18.2 Å². The van der Waals surface area contributed by atoms with E-state index in [1.807, 2.05) is 37.3 Å². The van der Waals surface area contributed by atoms with E-state index in [4.69, 9.17) is 9.52 Å². The summed E-state index contributed by atoms with van der Waals surface area (Å²) in [6.07, 6.45) is 1.22. The second-order valence-electron chi connectivity index (χ2n) is 6.54. The molecule has 0 bridgehead atoms. The zero-order chi connectivity index (χ0) is 20.4. The molecule has 2 heterocycles. The molecule has 4 aromatic rings. The lowest BCUT2D eigenvalue weighted by molar-refractivity contribution is 0.0697. The van der Waals surface area contributed by atoms with Crippen molar-refractivity contribution in [3.8, 4) is 11.8 Å². The van der Waals surface area contributed by atoms with Gasteiger partial charge in [0.05, 0.1) is 11.5 Å². The van der Waals surface area contributed by atoms with E-state index in [-0.39, 0.29) is 11.1 Å². The molecule has 6 heteroatoms. The van der Waals surface area contributed by atoms with Crippen molar-refractivity contribution in [3.63, 3.8) is 0 Å². The minimum atomic E-state index is -1.01. The van der Waals surface area contributed by atoms with E-state index in [0.717, 1.165) is 16.7 Å². The fourth-order valence-corrected chi connectivity index (χ4v) is 3.15. The summed E-state index contributed by atoms with van der Waals surface area (Å²) < 4.78 is 6.51. The Bertz CT molecular complexity index is 1310. The van der Waals surface area contributed by atoms with Crippen LogP contribution in [0.4, 0.5) is 0 Å². The van der Waals surface area contributed by atoms with Crippen LogP contribution in [-0.4, -0.2) is 20.7 Å². The van der Waals surface area contributed by atoms with Crippen molar-refractivity contribution in [3.05, 3.63) is 105 Å². The molecule has 0 amide bonds. The van der Waals surface area contributed by atoms with Crippen LogP contribution in [0.5, 0.6) is 0 Å².